The minimum absolute atomic E-state index is 0.0797. The number of amides is 1. The predicted octanol–water partition coefficient (Wildman–Crippen LogP) is 2.88. The van der Waals surface area contributed by atoms with Crippen molar-refractivity contribution in [2.45, 2.75) is 25.3 Å². The zero-order valence-corrected chi connectivity index (χ0v) is 15.8. The Morgan fingerprint density at radius 1 is 1.38 bits per heavy atom. The van der Waals surface area contributed by atoms with E-state index in [1.807, 2.05) is 22.4 Å². The zero-order valence-electron chi connectivity index (χ0n) is 13.4. The molecular weight excluding hydrogens is 364 g/mol. The normalized spacial score (nSPS) is 18.2. The summed E-state index contributed by atoms with van der Waals surface area (Å²) in [6, 6.07) is 6.04. The lowest BCUT2D eigenvalue weighted by molar-refractivity contribution is 0.0741. The van der Waals surface area contributed by atoms with Crippen LogP contribution in [0.15, 0.2) is 29.0 Å². The largest absolute Gasteiger partial charge is 0.331 e. The van der Waals surface area contributed by atoms with Crippen LogP contribution in [0.5, 0.6) is 0 Å². The molecule has 24 heavy (non-hydrogen) atoms. The second-order valence-electron chi connectivity index (χ2n) is 5.90. The minimum Gasteiger partial charge on any atom is -0.331 e. The Labute approximate surface area is 150 Å². The first kappa shape index (κ1) is 17.6. The van der Waals surface area contributed by atoms with Crippen molar-refractivity contribution in [2.75, 3.05) is 19.3 Å². The molecule has 0 aliphatic carbocycles. The van der Waals surface area contributed by atoms with E-state index in [2.05, 4.69) is 16.2 Å². The van der Waals surface area contributed by atoms with Crippen molar-refractivity contribution in [3.05, 3.63) is 44.3 Å². The number of carbonyl (C=O) groups excluding carboxylic acids is 1. The lowest BCUT2D eigenvalue weighted by atomic mass is 10.1. The molecule has 0 saturated carbocycles. The van der Waals surface area contributed by atoms with Crippen molar-refractivity contribution >= 4 is 38.6 Å². The maximum atomic E-state index is 12.8. The fourth-order valence-corrected chi connectivity index (χ4v) is 5.09. The molecule has 3 heterocycles. The molecule has 0 radical (unpaired) electrons. The van der Waals surface area contributed by atoms with E-state index in [1.165, 1.54) is 16.9 Å². The van der Waals surface area contributed by atoms with Gasteiger partial charge in [-0.15, -0.1) is 11.3 Å². The van der Waals surface area contributed by atoms with Gasteiger partial charge in [-0.25, -0.2) is 13.1 Å². The van der Waals surface area contributed by atoms with Crippen molar-refractivity contribution in [1.29, 1.82) is 0 Å². The average molecular weight is 385 g/mol. The van der Waals surface area contributed by atoms with E-state index in [9.17, 15) is 13.2 Å². The number of nitrogens with zero attached hydrogens (tertiary/aromatic N) is 1. The molecule has 0 unspecified atom stereocenters. The summed E-state index contributed by atoms with van der Waals surface area (Å²) < 4.78 is 24.7. The second-order valence-corrected chi connectivity index (χ2v) is 9.68. The quantitative estimate of drug-likeness (QED) is 0.833. The van der Waals surface area contributed by atoms with Gasteiger partial charge in [0.25, 0.3) is 5.91 Å². The molecule has 2 aromatic heterocycles. The average Bonchev–Trinajstić information content (AvgIpc) is 3.25. The first-order valence-electron chi connectivity index (χ1n) is 7.80. The molecule has 1 atom stereocenters. The van der Waals surface area contributed by atoms with Gasteiger partial charge in [-0.1, -0.05) is 0 Å². The van der Waals surface area contributed by atoms with Crippen molar-refractivity contribution in [3.63, 3.8) is 0 Å². The Morgan fingerprint density at radius 2 is 2.21 bits per heavy atom. The van der Waals surface area contributed by atoms with E-state index in [0.717, 1.165) is 35.4 Å². The SMILES string of the molecule is CS(=O)(=O)NCCc1ccc(C(=O)N2CCC[C@@H]2c2ccsc2)s1. The summed E-state index contributed by atoms with van der Waals surface area (Å²) in [6.07, 6.45) is 3.79. The summed E-state index contributed by atoms with van der Waals surface area (Å²) >= 11 is 3.11. The summed E-state index contributed by atoms with van der Waals surface area (Å²) in [7, 11) is -3.17. The Kier molecular flexibility index (Phi) is 5.39. The molecule has 1 fully saturated rings. The van der Waals surface area contributed by atoms with E-state index >= 15 is 0 Å². The number of likely N-dealkylation sites (tertiary alicyclic amines) is 1. The standard InChI is InChI=1S/C16H20N2O3S3/c1-24(20,21)17-8-6-13-4-5-15(23-13)16(19)18-9-2-3-14(18)12-7-10-22-11-12/h4-5,7,10-11,14,17H,2-3,6,8-9H2,1H3/t14-/m1/s1. The third-order valence-corrected chi connectivity index (χ3v) is 6.61. The monoisotopic (exact) mass is 384 g/mol. The van der Waals surface area contributed by atoms with E-state index < -0.39 is 10.0 Å². The van der Waals surface area contributed by atoms with Gasteiger partial charge in [0.1, 0.15) is 0 Å². The topological polar surface area (TPSA) is 66.5 Å². The number of sulfonamides is 1. The Bertz CT molecular complexity index is 796. The van der Waals surface area contributed by atoms with Crippen LogP contribution in [0.25, 0.3) is 0 Å². The summed E-state index contributed by atoms with van der Waals surface area (Å²) in [4.78, 5) is 16.5. The van der Waals surface area contributed by atoms with Crippen LogP contribution in [-0.2, 0) is 16.4 Å². The molecule has 3 rings (SSSR count). The molecule has 130 valence electrons. The summed E-state index contributed by atoms with van der Waals surface area (Å²) in [5.41, 5.74) is 1.22. The summed E-state index contributed by atoms with van der Waals surface area (Å²) in [5, 5.41) is 4.17. The molecule has 0 aromatic carbocycles. The van der Waals surface area contributed by atoms with Crippen LogP contribution in [0, 0.1) is 0 Å². The van der Waals surface area contributed by atoms with Gasteiger partial charge in [0, 0.05) is 18.0 Å². The summed E-state index contributed by atoms with van der Waals surface area (Å²) in [5.74, 6) is 0.0797. The molecule has 5 nitrogen and oxygen atoms in total. The molecule has 2 aromatic rings. The highest BCUT2D eigenvalue weighted by Gasteiger charge is 2.31. The first-order valence-corrected chi connectivity index (χ1v) is 11.5. The first-order chi connectivity index (χ1) is 11.4. The number of hydrogen-bond donors (Lipinski definition) is 1. The van der Waals surface area contributed by atoms with Crippen LogP contribution in [-0.4, -0.2) is 38.6 Å². The maximum absolute atomic E-state index is 12.8. The number of hydrogen-bond acceptors (Lipinski definition) is 5. The van der Waals surface area contributed by atoms with Gasteiger partial charge in [-0.2, -0.15) is 11.3 Å². The van der Waals surface area contributed by atoms with Crippen molar-refractivity contribution in [2.24, 2.45) is 0 Å². The van der Waals surface area contributed by atoms with Crippen molar-refractivity contribution in [1.82, 2.24) is 9.62 Å². The van der Waals surface area contributed by atoms with Gasteiger partial charge in [-0.05, 0) is 53.8 Å². The molecule has 1 saturated heterocycles. The van der Waals surface area contributed by atoms with E-state index in [0.29, 0.717) is 13.0 Å². The van der Waals surface area contributed by atoms with Crippen LogP contribution in [0.4, 0.5) is 0 Å². The molecule has 1 amide bonds. The lowest BCUT2D eigenvalue weighted by Crippen LogP contribution is -2.29. The third-order valence-electron chi connectivity index (χ3n) is 4.05. The molecule has 0 spiro atoms. The fraction of sp³-hybridized carbons (Fsp3) is 0.438. The molecular formula is C16H20N2O3S3. The van der Waals surface area contributed by atoms with Gasteiger partial charge < -0.3 is 4.90 Å². The van der Waals surface area contributed by atoms with Crippen LogP contribution < -0.4 is 4.72 Å². The number of nitrogens with one attached hydrogen (secondary N) is 1. The predicted molar refractivity (Wildman–Crippen MR) is 98.2 cm³/mol. The smallest absolute Gasteiger partial charge is 0.264 e. The maximum Gasteiger partial charge on any atom is 0.264 e. The minimum atomic E-state index is -3.17. The van der Waals surface area contributed by atoms with E-state index in [1.54, 1.807) is 11.3 Å². The number of carbonyl (C=O) groups is 1. The van der Waals surface area contributed by atoms with Gasteiger partial charge in [0.15, 0.2) is 0 Å². The second kappa shape index (κ2) is 7.35. The Morgan fingerprint density at radius 3 is 2.92 bits per heavy atom. The zero-order chi connectivity index (χ0) is 17.2. The van der Waals surface area contributed by atoms with Crippen LogP contribution in [0.1, 0.15) is 39.0 Å². The molecule has 1 N–H and O–H groups in total. The van der Waals surface area contributed by atoms with Crippen molar-refractivity contribution < 1.29 is 13.2 Å². The molecule has 1 aliphatic rings. The van der Waals surface area contributed by atoms with Gasteiger partial charge in [0.05, 0.1) is 17.2 Å². The van der Waals surface area contributed by atoms with E-state index in [4.69, 9.17) is 0 Å². The van der Waals surface area contributed by atoms with Crippen LogP contribution in [0.2, 0.25) is 0 Å². The Balaban J connectivity index is 1.65. The van der Waals surface area contributed by atoms with Crippen LogP contribution >= 0.6 is 22.7 Å². The number of thiophene rings is 2. The van der Waals surface area contributed by atoms with Crippen molar-refractivity contribution in [3.8, 4) is 0 Å². The lowest BCUT2D eigenvalue weighted by Gasteiger charge is -2.23. The highest BCUT2D eigenvalue weighted by Crippen LogP contribution is 2.35. The van der Waals surface area contributed by atoms with Gasteiger partial charge in [-0.3, -0.25) is 4.79 Å². The van der Waals surface area contributed by atoms with E-state index in [-0.39, 0.29) is 11.9 Å². The fourth-order valence-electron chi connectivity index (χ4n) is 2.95. The van der Waals surface area contributed by atoms with Gasteiger partial charge >= 0.3 is 0 Å². The highest BCUT2D eigenvalue weighted by molar-refractivity contribution is 7.88. The third kappa shape index (κ3) is 4.24. The van der Waals surface area contributed by atoms with Gasteiger partial charge in [0.2, 0.25) is 10.0 Å². The highest BCUT2D eigenvalue weighted by atomic mass is 32.2. The molecule has 8 heteroatoms. The Hall–Kier alpha value is -1.22. The molecule has 0 bridgehead atoms. The summed E-state index contributed by atoms with van der Waals surface area (Å²) in [6.45, 7) is 1.15. The molecule has 1 aliphatic heterocycles. The number of rotatable bonds is 6. The van der Waals surface area contributed by atoms with Crippen LogP contribution in [0.3, 0.4) is 0 Å².